The lowest BCUT2D eigenvalue weighted by Gasteiger charge is -2.42. The molecule has 0 amide bonds. The molecule has 1 N–H and O–H groups in total. The van der Waals surface area contributed by atoms with E-state index in [1.54, 1.807) is 0 Å². The maximum Gasteiger partial charge on any atom is 0.460 e. The van der Waals surface area contributed by atoms with Crippen LogP contribution in [0.4, 0.5) is 74.6 Å². The first-order valence-corrected chi connectivity index (χ1v) is 7.73. The Balaban J connectivity index is 6.58. The lowest BCUT2D eigenvalue weighted by atomic mass is 9.88. The molecule has 0 aliphatic carbocycles. The highest BCUT2D eigenvalue weighted by Gasteiger charge is 2.95. The molecule has 0 bridgehead atoms. The van der Waals surface area contributed by atoms with Crippen LogP contribution in [-0.4, -0.2) is 62.1 Å². The first kappa shape index (κ1) is 28.9. The van der Waals surface area contributed by atoms with Crippen molar-refractivity contribution in [1.29, 1.82) is 0 Å². The monoisotopic (exact) mass is 512 g/mol. The van der Waals surface area contributed by atoms with Gasteiger partial charge in [0, 0.05) is 6.42 Å². The summed E-state index contributed by atoms with van der Waals surface area (Å²) in [4.78, 5) is 0. The van der Waals surface area contributed by atoms with Crippen LogP contribution in [0.2, 0.25) is 0 Å². The molecule has 0 heterocycles. The van der Waals surface area contributed by atoms with Crippen molar-refractivity contribution in [2.45, 2.75) is 54.1 Å². The summed E-state index contributed by atoms with van der Waals surface area (Å²) in [7, 11) is 0. The van der Waals surface area contributed by atoms with E-state index in [9.17, 15) is 78.8 Å². The van der Waals surface area contributed by atoms with Crippen molar-refractivity contribution in [2.75, 3.05) is 5.75 Å². The van der Waals surface area contributed by atoms with E-state index in [4.69, 9.17) is 4.55 Å². The zero-order valence-corrected chi connectivity index (χ0v) is 13.9. The summed E-state index contributed by atoms with van der Waals surface area (Å²) in [6, 6.07) is 0. The number of rotatable bonds is 9. The zero-order chi connectivity index (χ0) is 25.0. The fourth-order valence-corrected chi connectivity index (χ4v) is 2.00. The summed E-state index contributed by atoms with van der Waals surface area (Å²) < 4.78 is 236. The predicted octanol–water partition coefficient (Wildman–Crippen LogP) is 5.61. The first-order chi connectivity index (χ1) is 12.7. The molecular formula is C10H5F17O2S. The molecular weight excluding hydrogens is 507 g/mol. The molecule has 0 aromatic heterocycles. The lowest BCUT2D eigenvalue weighted by molar-refractivity contribution is -0.461. The van der Waals surface area contributed by atoms with Crippen LogP contribution in [0.25, 0.3) is 0 Å². The van der Waals surface area contributed by atoms with Gasteiger partial charge in [0.1, 0.15) is 0 Å². The van der Waals surface area contributed by atoms with E-state index < -0.39 is 70.9 Å². The Labute approximate surface area is 155 Å². The van der Waals surface area contributed by atoms with E-state index in [1.165, 1.54) is 0 Å². The van der Waals surface area contributed by atoms with E-state index in [-0.39, 0.29) is 0 Å². The van der Waals surface area contributed by atoms with E-state index in [0.29, 0.717) is 0 Å². The fourth-order valence-electron chi connectivity index (χ4n) is 1.57. The fraction of sp³-hybridized carbons (Fsp3) is 1.00. The highest BCUT2D eigenvalue weighted by Crippen LogP contribution is 2.64. The van der Waals surface area contributed by atoms with Gasteiger partial charge in [-0.25, -0.2) is 4.21 Å². The molecule has 0 aliphatic rings. The van der Waals surface area contributed by atoms with Gasteiger partial charge in [-0.1, -0.05) is 0 Å². The minimum absolute atomic E-state index is 2.08. The van der Waals surface area contributed by atoms with Crippen molar-refractivity contribution in [1.82, 2.24) is 0 Å². The summed E-state index contributed by atoms with van der Waals surface area (Å²) in [6.45, 7) is 0. The molecule has 0 fully saturated rings. The standard InChI is InChI=1S/C10H5F17O2S/c11-3(12,1-2-30(28)29)4(13,14)5(15,16)6(17,18)7(19,20)8(21,22)9(23,24)10(25,26)27/h1-2H2,(H,28,29). The van der Waals surface area contributed by atoms with Gasteiger partial charge in [-0.15, -0.1) is 0 Å². The summed E-state index contributed by atoms with van der Waals surface area (Å²) in [5, 5.41) is 0. The van der Waals surface area contributed by atoms with Crippen LogP contribution in [0.3, 0.4) is 0 Å². The molecule has 0 rings (SSSR count). The minimum atomic E-state index is -8.68. The molecule has 1 atom stereocenters. The number of hydrogen-bond donors (Lipinski definition) is 1. The van der Waals surface area contributed by atoms with E-state index in [0.717, 1.165) is 0 Å². The molecule has 0 aromatic carbocycles. The predicted molar refractivity (Wildman–Crippen MR) is 60.9 cm³/mol. The first-order valence-electron chi connectivity index (χ1n) is 6.45. The quantitative estimate of drug-likeness (QED) is 0.323. The van der Waals surface area contributed by atoms with Gasteiger partial charge < -0.3 is 4.55 Å². The van der Waals surface area contributed by atoms with Crippen LogP contribution in [0.15, 0.2) is 0 Å². The van der Waals surface area contributed by atoms with Crippen molar-refractivity contribution in [3.8, 4) is 0 Å². The Morgan fingerprint density at radius 3 is 1.03 bits per heavy atom. The second kappa shape index (κ2) is 7.51. The van der Waals surface area contributed by atoms with Crippen LogP contribution in [-0.2, 0) is 11.1 Å². The second-order valence-corrected chi connectivity index (χ2v) is 6.48. The van der Waals surface area contributed by atoms with E-state index in [2.05, 4.69) is 0 Å². The minimum Gasteiger partial charge on any atom is -0.306 e. The average Bonchev–Trinajstić information content (AvgIpc) is 2.50. The third kappa shape index (κ3) is 3.92. The van der Waals surface area contributed by atoms with E-state index >= 15 is 0 Å². The third-order valence-electron chi connectivity index (χ3n) is 3.38. The van der Waals surface area contributed by atoms with Gasteiger partial charge >= 0.3 is 47.6 Å². The molecule has 20 heteroatoms. The Kier molecular flexibility index (Phi) is 7.24. The number of hydrogen-bond acceptors (Lipinski definition) is 1. The Bertz CT molecular complexity index is 651. The lowest BCUT2D eigenvalue weighted by Crippen LogP contribution is -2.74. The summed E-state index contributed by atoms with van der Waals surface area (Å²) in [5.41, 5.74) is 0. The van der Waals surface area contributed by atoms with Crippen LogP contribution in [0.1, 0.15) is 6.42 Å². The average molecular weight is 512 g/mol. The second-order valence-electron chi connectivity index (χ2n) is 5.42. The molecule has 2 nitrogen and oxygen atoms in total. The van der Waals surface area contributed by atoms with Gasteiger partial charge in [0.15, 0.2) is 11.1 Å². The van der Waals surface area contributed by atoms with Crippen LogP contribution >= 0.6 is 0 Å². The maximum absolute atomic E-state index is 13.3. The summed E-state index contributed by atoms with van der Waals surface area (Å²) >= 11 is -3.49. The van der Waals surface area contributed by atoms with Crippen molar-refractivity contribution in [3.05, 3.63) is 0 Å². The van der Waals surface area contributed by atoms with Crippen molar-refractivity contribution >= 4 is 11.1 Å². The van der Waals surface area contributed by atoms with Crippen molar-refractivity contribution in [2.24, 2.45) is 0 Å². The number of halogens is 17. The molecule has 0 aliphatic heterocycles. The topological polar surface area (TPSA) is 37.3 Å². The Hall–Kier alpha value is -1.08. The molecule has 0 aromatic rings. The van der Waals surface area contributed by atoms with E-state index in [1.807, 2.05) is 0 Å². The Morgan fingerprint density at radius 2 is 0.767 bits per heavy atom. The SMILES string of the molecule is O=S(O)CCC(F)(F)C(F)(F)C(F)(F)C(F)(F)C(F)(F)C(F)(F)C(F)(F)C(F)(F)F. The summed E-state index contributed by atoms with van der Waals surface area (Å²) in [6.07, 6.45) is -10.7. The number of alkyl halides is 17. The van der Waals surface area contributed by atoms with Crippen LogP contribution in [0.5, 0.6) is 0 Å². The molecule has 30 heavy (non-hydrogen) atoms. The Morgan fingerprint density at radius 1 is 0.500 bits per heavy atom. The van der Waals surface area contributed by atoms with Gasteiger partial charge in [-0.2, -0.15) is 74.6 Å². The van der Waals surface area contributed by atoms with Gasteiger partial charge in [0.05, 0.1) is 5.75 Å². The van der Waals surface area contributed by atoms with Gasteiger partial charge in [0.2, 0.25) is 0 Å². The smallest absolute Gasteiger partial charge is 0.306 e. The van der Waals surface area contributed by atoms with Gasteiger partial charge in [0.25, 0.3) is 0 Å². The molecule has 1 unspecified atom stereocenters. The third-order valence-corrected chi connectivity index (χ3v) is 3.93. The zero-order valence-electron chi connectivity index (χ0n) is 13.1. The van der Waals surface area contributed by atoms with Crippen molar-refractivity contribution in [3.63, 3.8) is 0 Å². The molecule has 182 valence electrons. The largest absolute Gasteiger partial charge is 0.460 e. The normalized spacial score (nSPS) is 17.3. The molecule has 0 spiro atoms. The molecule has 0 radical (unpaired) electrons. The highest BCUT2D eigenvalue weighted by molar-refractivity contribution is 7.79. The van der Waals surface area contributed by atoms with Gasteiger partial charge in [-0.3, -0.25) is 0 Å². The molecule has 0 saturated carbocycles. The highest BCUT2D eigenvalue weighted by atomic mass is 32.2. The summed E-state index contributed by atoms with van der Waals surface area (Å²) in [5.74, 6) is -59.0. The van der Waals surface area contributed by atoms with Crippen LogP contribution < -0.4 is 0 Å². The van der Waals surface area contributed by atoms with Crippen molar-refractivity contribution < 1.29 is 83.4 Å². The van der Waals surface area contributed by atoms with Crippen LogP contribution in [0, 0.1) is 0 Å². The maximum atomic E-state index is 13.3. The molecule has 0 saturated heterocycles. The van der Waals surface area contributed by atoms with Gasteiger partial charge in [-0.05, 0) is 0 Å².